The number of ether oxygens (including phenoxy) is 2. The number of carbonyl (C=O) groups excluding carboxylic acids is 2. The molecule has 0 saturated carbocycles. The standard InChI is InChI=1S/C18H26N2O4/c1-18(2,3)24-17(22)20-11-9-19(10-12-20)16(21)15-7-5-14(6-8-15)13-23-4/h5-8H,9-13H2,1-4H3. The highest BCUT2D eigenvalue weighted by Crippen LogP contribution is 2.14. The second-order valence-corrected chi connectivity index (χ2v) is 6.89. The zero-order chi connectivity index (χ0) is 17.7. The molecule has 1 aromatic carbocycles. The molecule has 0 aliphatic carbocycles. The summed E-state index contributed by atoms with van der Waals surface area (Å²) in [6.45, 7) is 8.07. The van der Waals surface area contributed by atoms with E-state index in [0.717, 1.165) is 5.56 Å². The summed E-state index contributed by atoms with van der Waals surface area (Å²) in [5.41, 5.74) is 1.18. The van der Waals surface area contributed by atoms with Gasteiger partial charge in [-0.15, -0.1) is 0 Å². The van der Waals surface area contributed by atoms with E-state index in [0.29, 0.717) is 38.3 Å². The smallest absolute Gasteiger partial charge is 0.410 e. The molecule has 24 heavy (non-hydrogen) atoms. The number of carbonyl (C=O) groups is 2. The Kier molecular flexibility index (Phi) is 5.83. The van der Waals surface area contributed by atoms with Gasteiger partial charge in [0.15, 0.2) is 0 Å². The molecule has 2 amide bonds. The van der Waals surface area contributed by atoms with Crippen LogP contribution in [-0.4, -0.2) is 60.7 Å². The Hall–Kier alpha value is -2.08. The Balaban J connectivity index is 1.89. The normalized spacial score (nSPS) is 15.3. The fourth-order valence-corrected chi connectivity index (χ4v) is 2.51. The number of nitrogens with zero attached hydrogens (tertiary/aromatic N) is 2. The lowest BCUT2D eigenvalue weighted by molar-refractivity contribution is 0.0141. The highest BCUT2D eigenvalue weighted by Gasteiger charge is 2.27. The Morgan fingerprint density at radius 3 is 2.04 bits per heavy atom. The van der Waals surface area contributed by atoms with Crippen LogP contribution in [0.5, 0.6) is 0 Å². The quantitative estimate of drug-likeness (QED) is 0.852. The van der Waals surface area contributed by atoms with E-state index in [4.69, 9.17) is 9.47 Å². The number of methoxy groups -OCH3 is 1. The van der Waals surface area contributed by atoms with Crippen LogP contribution in [0.2, 0.25) is 0 Å². The SMILES string of the molecule is COCc1ccc(C(=O)N2CCN(C(=O)OC(C)(C)C)CC2)cc1. The van der Waals surface area contributed by atoms with E-state index in [-0.39, 0.29) is 12.0 Å². The van der Waals surface area contributed by atoms with Crippen LogP contribution in [0, 0.1) is 0 Å². The molecule has 0 N–H and O–H groups in total. The first kappa shape index (κ1) is 18.3. The maximum Gasteiger partial charge on any atom is 0.410 e. The summed E-state index contributed by atoms with van der Waals surface area (Å²) in [4.78, 5) is 28.0. The molecule has 0 atom stereocenters. The third-order valence-corrected chi connectivity index (χ3v) is 3.73. The minimum absolute atomic E-state index is 0.0113. The van der Waals surface area contributed by atoms with Gasteiger partial charge in [0.2, 0.25) is 0 Å². The summed E-state index contributed by atoms with van der Waals surface area (Å²) in [7, 11) is 1.64. The van der Waals surface area contributed by atoms with Gasteiger partial charge in [0.25, 0.3) is 5.91 Å². The van der Waals surface area contributed by atoms with E-state index >= 15 is 0 Å². The van der Waals surface area contributed by atoms with Gasteiger partial charge in [-0.05, 0) is 38.5 Å². The first-order valence-corrected chi connectivity index (χ1v) is 8.15. The van der Waals surface area contributed by atoms with Gasteiger partial charge in [0.1, 0.15) is 5.60 Å². The van der Waals surface area contributed by atoms with Crippen LogP contribution in [0.4, 0.5) is 4.79 Å². The van der Waals surface area contributed by atoms with Crippen molar-refractivity contribution in [2.75, 3.05) is 33.3 Å². The number of hydrogen-bond acceptors (Lipinski definition) is 4. The number of benzene rings is 1. The molecule has 1 aliphatic heterocycles. The minimum atomic E-state index is -0.506. The zero-order valence-electron chi connectivity index (χ0n) is 14.9. The third kappa shape index (κ3) is 4.96. The first-order chi connectivity index (χ1) is 11.3. The van der Waals surface area contributed by atoms with E-state index in [1.165, 1.54) is 0 Å². The summed E-state index contributed by atoms with van der Waals surface area (Å²) in [5.74, 6) is -0.0113. The van der Waals surface area contributed by atoms with E-state index in [1.807, 2.05) is 45.0 Å². The van der Waals surface area contributed by atoms with Crippen molar-refractivity contribution < 1.29 is 19.1 Å². The topological polar surface area (TPSA) is 59.1 Å². The molecule has 1 saturated heterocycles. The highest BCUT2D eigenvalue weighted by atomic mass is 16.6. The molecular formula is C18H26N2O4. The van der Waals surface area contributed by atoms with Crippen LogP contribution in [0.15, 0.2) is 24.3 Å². The van der Waals surface area contributed by atoms with Gasteiger partial charge in [0.05, 0.1) is 6.61 Å². The van der Waals surface area contributed by atoms with E-state index in [1.54, 1.807) is 16.9 Å². The van der Waals surface area contributed by atoms with Crippen molar-refractivity contribution in [1.82, 2.24) is 9.80 Å². The summed E-state index contributed by atoms with van der Waals surface area (Å²) < 4.78 is 10.4. The number of rotatable bonds is 3. The van der Waals surface area contributed by atoms with Crippen LogP contribution in [0.1, 0.15) is 36.7 Å². The molecular weight excluding hydrogens is 308 g/mol. The molecule has 0 unspecified atom stereocenters. The molecule has 2 rings (SSSR count). The fourth-order valence-electron chi connectivity index (χ4n) is 2.51. The van der Waals surface area contributed by atoms with Crippen LogP contribution >= 0.6 is 0 Å². The molecule has 6 heteroatoms. The fraction of sp³-hybridized carbons (Fsp3) is 0.556. The van der Waals surface area contributed by atoms with Crippen LogP contribution in [0.25, 0.3) is 0 Å². The van der Waals surface area contributed by atoms with E-state index in [9.17, 15) is 9.59 Å². The summed E-state index contributed by atoms with van der Waals surface area (Å²) in [5, 5.41) is 0. The maximum absolute atomic E-state index is 12.5. The Labute approximate surface area is 143 Å². The molecule has 0 radical (unpaired) electrons. The minimum Gasteiger partial charge on any atom is -0.444 e. The largest absolute Gasteiger partial charge is 0.444 e. The first-order valence-electron chi connectivity index (χ1n) is 8.15. The second-order valence-electron chi connectivity index (χ2n) is 6.89. The Morgan fingerprint density at radius 2 is 1.54 bits per heavy atom. The molecule has 132 valence electrons. The van der Waals surface area contributed by atoms with Crippen molar-refractivity contribution in [2.24, 2.45) is 0 Å². The lowest BCUT2D eigenvalue weighted by atomic mass is 10.1. The number of hydrogen-bond donors (Lipinski definition) is 0. The average molecular weight is 334 g/mol. The lowest BCUT2D eigenvalue weighted by Crippen LogP contribution is -2.51. The van der Waals surface area contributed by atoms with Gasteiger partial charge >= 0.3 is 6.09 Å². The molecule has 0 spiro atoms. The lowest BCUT2D eigenvalue weighted by Gasteiger charge is -2.35. The van der Waals surface area contributed by atoms with E-state index in [2.05, 4.69) is 0 Å². The van der Waals surface area contributed by atoms with Gasteiger partial charge in [-0.3, -0.25) is 4.79 Å². The molecule has 1 aromatic rings. The molecule has 0 bridgehead atoms. The summed E-state index contributed by atoms with van der Waals surface area (Å²) in [6.07, 6.45) is -0.321. The van der Waals surface area contributed by atoms with Crippen LogP contribution < -0.4 is 0 Å². The third-order valence-electron chi connectivity index (χ3n) is 3.73. The van der Waals surface area contributed by atoms with Crippen LogP contribution in [-0.2, 0) is 16.1 Å². The van der Waals surface area contributed by atoms with Crippen molar-refractivity contribution in [2.45, 2.75) is 33.0 Å². The number of piperazine rings is 1. The number of amides is 2. The highest BCUT2D eigenvalue weighted by molar-refractivity contribution is 5.94. The summed E-state index contributed by atoms with van der Waals surface area (Å²) >= 11 is 0. The molecule has 1 aliphatic rings. The van der Waals surface area contributed by atoms with Gasteiger partial charge in [-0.2, -0.15) is 0 Å². The predicted molar refractivity (Wildman–Crippen MR) is 90.9 cm³/mol. The van der Waals surface area contributed by atoms with Crippen molar-refractivity contribution in [1.29, 1.82) is 0 Å². The maximum atomic E-state index is 12.5. The van der Waals surface area contributed by atoms with Crippen molar-refractivity contribution >= 4 is 12.0 Å². The van der Waals surface area contributed by atoms with Gasteiger partial charge in [-0.1, -0.05) is 12.1 Å². The molecule has 6 nitrogen and oxygen atoms in total. The average Bonchev–Trinajstić information content (AvgIpc) is 2.54. The monoisotopic (exact) mass is 334 g/mol. The predicted octanol–water partition coefficient (Wildman–Crippen LogP) is 2.53. The van der Waals surface area contributed by atoms with Crippen molar-refractivity contribution in [3.05, 3.63) is 35.4 Å². The van der Waals surface area contributed by atoms with Crippen molar-refractivity contribution in [3.63, 3.8) is 0 Å². The van der Waals surface area contributed by atoms with E-state index < -0.39 is 5.60 Å². The molecule has 0 aromatic heterocycles. The van der Waals surface area contributed by atoms with Gasteiger partial charge in [-0.25, -0.2) is 4.79 Å². The Morgan fingerprint density at radius 1 is 1.00 bits per heavy atom. The van der Waals surface area contributed by atoms with Gasteiger partial charge in [0, 0.05) is 38.9 Å². The Bertz CT molecular complexity index is 570. The second kappa shape index (κ2) is 7.66. The van der Waals surface area contributed by atoms with Gasteiger partial charge < -0.3 is 19.3 Å². The molecule has 1 heterocycles. The zero-order valence-corrected chi connectivity index (χ0v) is 14.9. The van der Waals surface area contributed by atoms with Crippen LogP contribution in [0.3, 0.4) is 0 Å². The summed E-state index contributed by atoms with van der Waals surface area (Å²) in [6, 6.07) is 7.43. The molecule has 1 fully saturated rings. The van der Waals surface area contributed by atoms with Crippen molar-refractivity contribution in [3.8, 4) is 0 Å².